The average molecular weight is 210 g/mol. The van der Waals surface area contributed by atoms with Crippen LogP contribution in [0.4, 0.5) is 0 Å². The smallest absolute Gasteiger partial charge is 0.00923 e. The van der Waals surface area contributed by atoms with Crippen molar-refractivity contribution < 1.29 is 0 Å². The first kappa shape index (κ1) is 11.4. The van der Waals surface area contributed by atoms with E-state index in [2.05, 4.69) is 31.1 Å². The van der Waals surface area contributed by atoms with Crippen LogP contribution in [0.5, 0.6) is 0 Å². The highest BCUT2D eigenvalue weighted by atomic mass is 15.1. The zero-order valence-electron chi connectivity index (χ0n) is 10.6. The van der Waals surface area contributed by atoms with Crippen LogP contribution in [-0.2, 0) is 0 Å². The molecular weight excluding hydrogens is 184 g/mol. The van der Waals surface area contributed by atoms with Gasteiger partial charge in [-0.25, -0.2) is 0 Å². The van der Waals surface area contributed by atoms with Gasteiger partial charge < -0.3 is 10.2 Å². The zero-order chi connectivity index (χ0) is 10.9. The minimum absolute atomic E-state index is 0.510. The molecule has 2 heteroatoms. The van der Waals surface area contributed by atoms with Gasteiger partial charge in [0.1, 0.15) is 0 Å². The predicted octanol–water partition coefficient (Wildman–Crippen LogP) is 2.11. The van der Waals surface area contributed by atoms with Crippen molar-refractivity contribution >= 4 is 0 Å². The van der Waals surface area contributed by atoms with Gasteiger partial charge in [-0.3, -0.25) is 0 Å². The van der Waals surface area contributed by atoms with E-state index in [1.165, 1.54) is 45.3 Å². The second kappa shape index (κ2) is 4.42. The van der Waals surface area contributed by atoms with Crippen molar-refractivity contribution in [2.75, 3.05) is 26.7 Å². The Hall–Kier alpha value is -0.0800. The van der Waals surface area contributed by atoms with E-state index in [1.807, 2.05) is 0 Å². The van der Waals surface area contributed by atoms with Crippen molar-refractivity contribution in [3.63, 3.8) is 0 Å². The molecule has 2 nitrogen and oxygen atoms in total. The number of piperidine rings is 1. The van der Waals surface area contributed by atoms with Crippen molar-refractivity contribution in [3.05, 3.63) is 0 Å². The maximum atomic E-state index is 3.54. The van der Waals surface area contributed by atoms with Crippen molar-refractivity contribution in [2.24, 2.45) is 11.3 Å². The first-order valence-corrected chi connectivity index (χ1v) is 6.52. The largest absolute Gasteiger partial charge is 0.316 e. The van der Waals surface area contributed by atoms with Gasteiger partial charge in [-0.15, -0.1) is 0 Å². The van der Waals surface area contributed by atoms with E-state index >= 15 is 0 Å². The lowest BCUT2D eigenvalue weighted by molar-refractivity contribution is 0.118. The van der Waals surface area contributed by atoms with Crippen LogP contribution in [0.2, 0.25) is 0 Å². The van der Waals surface area contributed by atoms with Crippen LogP contribution in [0.3, 0.4) is 0 Å². The third-order valence-corrected chi connectivity index (χ3v) is 4.32. The molecule has 1 N–H and O–H groups in total. The molecule has 1 aliphatic heterocycles. The Kier molecular flexibility index (Phi) is 3.36. The van der Waals surface area contributed by atoms with Crippen LogP contribution in [-0.4, -0.2) is 37.6 Å². The molecule has 0 aromatic rings. The molecule has 1 aliphatic carbocycles. The molecule has 0 spiro atoms. The molecule has 2 rings (SSSR count). The summed E-state index contributed by atoms with van der Waals surface area (Å²) < 4.78 is 0. The summed E-state index contributed by atoms with van der Waals surface area (Å²) in [5.41, 5.74) is 0.510. The first-order chi connectivity index (χ1) is 7.11. The van der Waals surface area contributed by atoms with Gasteiger partial charge in [-0.05, 0) is 57.5 Å². The molecule has 88 valence electrons. The Labute approximate surface area is 94.4 Å². The highest BCUT2D eigenvalue weighted by Gasteiger charge is 2.34. The summed E-state index contributed by atoms with van der Waals surface area (Å²) in [6.07, 6.45) is 5.66. The fourth-order valence-corrected chi connectivity index (χ4v) is 2.94. The normalized spacial score (nSPS) is 34.4. The monoisotopic (exact) mass is 210 g/mol. The van der Waals surface area contributed by atoms with Gasteiger partial charge in [0, 0.05) is 19.1 Å². The molecule has 2 fully saturated rings. The molecule has 0 aromatic heterocycles. The topological polar surface area (TPSA) is 15.3 Å². The van der Waals surface area contributed by atoms with Gasteiger partial charge in [0.05, 0.1) is 0 Å². The maximum Gasteiger partial charge on any atom is 0.00923 e. The van der Waals surface area contributed by atoms with Gasteiger partial charge in [0.15, 0.2) is 0 Å². The minimum Gasteiger partial charge on any atom is -0.316 e. The molecule has 0 aromatic carbocycles. The third-order valence-electron chi connectivity index (χ3n) is 4.32. The Morgan fingerprint density at radius 2 is 2.20 bits per heavy atom. The van der Waals surface area contributed by atoms with Crippen molar-refractivity contribution in [1.29, 1.82) is 0 Å². The third kappa shape index (κ3) is 2.94. The van der Waals surface area contributed by atoms with Crippen LogP contribution < -0.4 is 5.32 Å². The Balaban J connectivity index is 1.82. The standard InChI is InChI=1S/C13H26N2/c1-11(12-5-6-12)15(3)10-13(2)7-4-8-14-9-13/h11-12,14H,4-10H2,1-3H3. The van der Waals surface area contributed by atoms with Crippen molar-refractivity contribution in [3.8, 4) is 0 Å². The summed E-state index contributed by atoms with van der Waals surface area (Å²) in [6.45, 7) is 8.52. The highest BCUT2D eigenvalue weighted by Crippen LogP contribution is 2.36. The second-order valence-electron chi connectivity index (χ2n) is 6.08. The number of hydrogen-bond donors (Lipinski definition) is 1. The maximum absolute atomic E-state index is 3.54. The van der Waals surface area contributed by atoms with Gasteiger partial charge in [0.2, 0.25) is 0 Å². The molecule has 2 aliphatic rings. The lowest BCUT2D eigenvalue weighted by Crippen LogP contribution is -2.47. The molecule has 0 bridgehead atoms. The molecule has 2 atom stereocenters. The van der Waals surface area contributed by atoms with Gasteiger partial charge in [-0.1, -0.05) is 6.92 Å². The average Bonchev–Trinajstić information content (AvgIpc) is 3.00. The van der Waals surface area contributed by atoms with Crippen LogP contribution in [0.25, 0.3) is 0 Å². The van der Waals surface area contributed by atoms with Crippen LogP contribution in [0.15, 0.2) is 0 Å². The summed E-state index contributed by atoms with van der Waals surface area (Å²) >= 11 is 0. The van der Waals surface area contributed by atoms with Gasteiger partial charge in [-0.2, -0.15) is 0 Å². The molecule has 2 unspecified atom stereocenters. The molecular formula is C13H26N2. The quantitative estimate of drug-likeness (QED) is 0.764. The van der Waals surface area contributed by atoms with E-state index in [0.29, 0.717) is 5.41 Å². The van der Waals surface area contributed by atoms with E-state index in [0.717, 1.165) is 12.0 Å². The summed E-state index contributed by atoms with van der Waals surface area (Å²) in [5.74, 6) is 0.996. The van der Waals surface area contributed by atoms with Crippen LogP contribution >= 0.6 is 0 Å². The molecule has 1 saturated heterocycles. The molecule has 1 heterocycles. The number of nitrogens with one attached hydrogen (secondary N) is 1. The fraction of sp³-hybridized carbons (Fsp3) is 1.00. The van der Waals surface area contributed by atoms with Crippen LogP contribution in [0, 0.1) is 11.3 Å². The van der Waals surface area contributed by atoms with Crippen molar-refractivity contribution in [2.45, 2.75) is 45.6 Å². The van der Waals surface area contributed by atoms with E-state index < -0.39 is 0 Å². The van der Waals surface area contributed by atoms with Crippen LogP contribution in [0.1, 0.15) is 39.5 Å². The number of hydrogen-bond acceptors (Lipinski definition) is 2. The summed E-state index contributed by atoms with van der Waals surface area (Å²) in [5, 5.41) is 3.54. The van der Waals surface area contributed by atoms with E-state index in [4.69, 9.17) is 0 Å². The van der Waals surface area contributed by atoms with E-state index in [9.17, 15) is 0 Å². The lowest BCUT2D eigenvalue weighted by Gasteiger charge is -2.39. The molecule has 0 radical (unpaired) electrons. The number of rotatable bonds is 4. The second-order valence-corrected chi connectivity index (χ2v) is 6.08. The van der Waals surface area contributed by atoms with Crippen molar-refractivity contribution in [1.82, 2.24) is 10.2 Å². The Morgan fingerprint density at radius 3 is 2.73 bits per heavy atom. The molecule has 1 saturated carbocycles. The summed E-state index contributed by atoms with van der Waals surface area (Å²) in [6, 6.07) is 0.795. The first-order valence-electron chi connectivity index (χ1n) is 6.52. The SMILES string of the molecule is CC(C1CC1)N(C)CC1(C)CCCNC1. The number of nitrogens with zero attached hydrogens (tertiary/aromatic N) is 1. The predicted molar refractivity (Wildman–Crippen MR) is 65.0 cm³/mol. The summed E-state index contributed by atoms with van der Waals surface area (Å²) in [7, 11) is 2.31. The Morgan fingerprint density at radius 1 is 1.47 bits per heavy atom. The summed E-state index contributed by atoms with van der Waals surface area (Å²) in [4.78, 5) is 2.59. The molecule has 15 heavy (non-hydrogen) atoms. The van der Waals surface area contributed by atoms with Gasteiger partial charge >= 0.3 is 0 Å². The zero-order valence-corrected chi connectivity index (χ0v) is 10.6. The molecule has 0 amide bonds. The highest BCUT2D eigenvalue weighted by molar-refractivity contribution is 4.89. The lowest BCUT2D eigenvalue weighted by atomic mass is 9.82. The minimum atomic E-state index is 0.510. The Bertz CT molecular complexity index is 205. The van der Waals surface area contributed by atoms with Gasteiger partial charge in [0.25, 0.3) is 0 Å². The fourth-order valence-electron chi connectivity index (χ4n) is 2.94. The van der Waals surface area contributed by atoms with E-state index in [-0.39, 0.29) is 0 Å². The van der Waals surface area contributed by atoms with E-state index in [1.54, 1.807) is 0 Å².